The molecule has 3 nitrogen and oxygen atoms in total. The van der Waals surface area contributed by atoms with Crippen molar-refractivity contribution < 1.29 is 4.39 Å². The predicted octanol–water partition coefficient (Wildman–Crippen LogP) is 4.77. The summed E-state index contributed by atoms with van der Waals surface area (Å²) in [5.74, 6) is -0.232. The number of nitrogens with two attached hydrogens (primary N) is 1. The maximum Gasteiger partial charge on any atom is 0.153 e. The van der Waals surface area contributed by atoms with E-state index in [1.54, 1.807) is 36.4 Å². The molecule has 0 radical (unpaired) electrons. The molecule has 1 heterocycles. The number of hydrogen-bond donors (Lipinski definition) is 2. The minimum Gasteiger partial charge on any atom is -0.382 e. The molecule has 0 aliphatic rings. The van der Waals surface area contributed by atoms with E-state index in [0.717, 1.165) is 5.56 Å². The summed E-state index contributed by atoms with van der Waals surface area (Å²) in [7, 11) is 0. The highest BCUT2D eigenvalue weighted by molar-refractivity contribution is 6.31. The molecule has 0 fully saturated rings. The number of benzene rings is 2. The summed E-state index contributed by atoms with van der Waals surface area (Å²) in [6.45, 7) is 0. The maximum atomic E-state index is 14.2. The van der Waals surface area contributed by atoms with Gasteiger partial charge in [0.1, 0.15) is 0 Å². The van der Waals surface area contributed by atoms with Crippen LogP contribution in [0.2, 0.25) is 10.0 Å². The molecule has 0 saturated heterocycles. The molecule has 0 aliphatic heterocycles. The summed E-state index contributed by atoms with van der Waals surface area (Å²) in [6, 6.07) is 11.9. The molecule has 21 heavy (non-hydrogen) atoms. The fourth-order valence-electron chi connectivity index (χ4n) is 2.16. The van der Waals surface area contributed by atoms with Crippen molar-refractivity contribution in [2.45, 2.75) is 0 Å². The first-order valence-electron chi connectivity index (χ1n) is 6.12. The van der Waals surface area contributed by atoms with Crippen LogP contribution in [0.3, 0.4) is 0 Å². The Bertz CT molecular complexity index is 797. The van der Waals surface area contributed by atoms with Gasteiger partial charge in [-0.1, -0.05) is 41.4 Å². The van der Waals surface area contributed by atoms with Crippen LogP contribution in [0.25, 0.3) is 22.4 Å². The normalized spacial score (nSPS) is 10.8. The molecule has 106 valence electrons. The monoisotopic (exact) mass is 321 g/mol. The number of hydrogen-bond acceptors (Lipinski definition) is 2. The number of H-pyrrole nitrogens is 1. The number of aromatic amines is 1. The lowest BCUT2D eigenvalue weighted by atomic mass is 10.0. The van der Waals surface area contributed by atoms with Gasteiger partial charge in [0.05, 0.1) is 16.3 Å². The Balaban J connectivity index is 2.22. The number of aromatic nitrogens is 2. The number of anilines is 1. The summed E-state index contributed by atoms with van der Waals surface area (Å²) in [6.07, 6.45) is 0. The van der Waals surface area contributed by atoms with Crippen LogP contribution in [0.5, 0.6) is 0 Å². The van der Waals surface area contributed by atoms with Crippen molar-refractivity contribution in [3.8, 4) is 22.4 Å². The van der Waals surface area contributed by atoms with E-state index in [2.05, 4.69) is 10.2 Å². The molecule has 1 aromatic heterocycles. The Hall–Kier alpha value is -2.04. The first kappa shape index (κ1) is 13.9. The third kappa shape index (κ3) is 2.48. The minimum absolute atomic E-state index is 0.0442. The second-order valence-corrected chi connectivity index (χ2v) is 5.31. The lowest BCUT2D eigenvalue weighted by molar-refractivity contribution is 0.631. The van der Waals surface area contributed by atoms with Gasteiger partial charge in [-0.05, 0) is 29.8 Å². The third-order valence-electron chi connectivity index (χ3n) is 3.15. The fourth-order valence-corrected chi connectivity index (χ4v) is 2.46. The van der Waals surface area contributed by atoms with E-state index in [9.17, 15) is 4.39 Å². The smallest absolute Gasteiger partial charge is 0.153 e. The van der Waals surface area contributed by atoms with E-state index in [0.29, 0.717) is 21.8 Å². The summed E-state index contributed by atoms with van der Waals surface area (Å²) in [5.41, 5.74) is 8.11. The van der Waals surface area contributed by atoms with Gasteiger partial charge in [0.25, 0.3) is 0 Å². The summed E-state index contributed by atoms with van der Waals surface area (Å²) in [4.78, 5) is 0. The van der Waals surface area contributed by atoms with Crippen LogP contribution < -0.4 is 5.73 Å². The lowest BCUT2D eigenvalue weighted by Crippen LogP contribution is -1.90. The molecule has 3 N–H and O–H groups in total. The van der Waals surface area contributed by atoms with Crippen molar-refractivity contribution in [1.29, 1.82) is 0 Å². The number of nitrogens with zero attached hydrogens (tertiary/aromatic N) is 1. The summed E-state index contributed by atoms with van der Waals surface area (Å²) in [5, 5.41) is 7.39. The highest BCUT2D eigenvalue weighted by Crippen LogP contribution is 2.37. The van der Waals surface area contributed by atoms with E-state index in [-0.39, 0.29) is 10.8 Å². The Morgan fingerprint density at radius 3 is 2.48 bits per heavy atom. The van der Waals surface area contributed by atoms with Crippen molar-refractivity contribution in [2.75, 3.05) is 5.73 Å². The standard InChI is InChI=1S/C15H10Cl2FN3/c16-9-6-4-8(5-7-9)12-14(20-21-15(12)19)10-2-1-3-11(17)13(10)18/h1-7H,(H3,19,20,21). The molecular formula is C15H10Cl2FN3. The SMILES string of the molecule is Nc1n[nH]c(-c2cccc(Cl)c2F)c1-c1ccc(Cl)cc1. The van der Waals surface area contributed by atoms with Crippen molar-refractivity contribution >= 4 is 29.0 Å². The van der Waals surface area contributed by atoms with Gasteiger partial charge in [-0.2, -0.15) is 5.10 Å². The van der Waals surface area contributed by atoms with E-state index in [1.807, 2.05) is 0 Å². The molecule has 0 atom stereocenters. The van der Waals surface area contributed by atoms with Gasteiger partial charge in [-0.15, -0.1) is 0 Å². The van der Waals surface area contributed by atoms with E-state index < -0.39 is 5.82 Å². The largest absolute Gasteiger partial charge is 0.382 e. The summed E-state index contributed by atoms with van der Waals surface area (Å²) >= 11 is 11.7. The van der Waals surface area contributed by atoms with Gasteiger partial charge >= 0.3 is 0 Å². The Morgan fingerprint density at radius 1 is 1.05 bits per heavy atom. The Morgan fingerprint density at radius 2 is 1.76 bits per heavy atom. The number of nitrogen functional groups attached to an aromatic ring is 1. The highest BCUT2D eigenvalue weighted by Gasteiger charge is 2.18. The van der Waals surface area contributed by atoms with E-state index >= 15 is 0 Å². The lowest BCUT2D eigenvalue weighted by Gasteiger charge is -2.07. The van der Waals surface area contributed by atoms with Crippen LogP contribution in [-0.4, -0.2) is 10.2 Å². The van der Waals surface area contributed by atoms with Gasteiger partial charge in [0.2, 0.25) is 0 Å². The van der Waals surface area contributed by atoms with Crippen LogP contribution >= 0.6 is 23.2 Å². The Labute approximate surface area is 130 Å². The van der Waals surface area contributed by atoms with Gasteiger partial charge < -0.3 is 5.73 Å². The van der Waals surface area contributed by atoms with Gasteiger partial charge in [0.15, 0.2) is 11.6 Å². The molecule has 6 heteroatoms. The number of rotatable bonds is 2. The molecule has 0 saturated carbocycles. The van der Waals surface area contributed by atoms with Crippen molar-refractivity contribution in [2.24, 2.45) is 0 Å². The number of halogens is 3. The predicted molar refractivity (Wildman–Crippen MR) is 83.9 cm³/mol. The summed E-state index contributed by atoms with van der Waals surface area (Å²) < 4.78 is 14.2. The quantitative estimate of drug-likeness (QED) is 0.714. The molecule has 0 unspecified atom stereocenters. The minimum atomic E-state index is -0.516. The first-order valence-corrected chi connectivity index (χ1v) is 6.87. The average molecular weight is 322 g/mol. The van der Waals surface area contributed by atoms with Crippen LogP contribution in [0.1, 0.15) is 0 Å². The zero-order valence-corrected chi connectivity index (χ0v) is 12.2. The second-order valence-electron chi connectivity index (χ2n) is 4.47. The maximum absolute atomic E-state index is 14.2. The van der Waals surface area contributed by atoms with Crippen molar-refractivity contribution in [3.63, 3.8) is 0 Å². The van der Waals surface area contributed by atoms with Crippen LogP contribution in [-0.2, 0) is 0 Å². The van der Waals surface area contributed by atoms with Gasteiger partial charge in [0, 0.05) is 10.6 Å². The molecule has 0 aliphatic carbocycles. The molecule has 3 aromatic rings. The van der Waals surface area contributed by atoms with Crippen molar-refractivity contribution in [1.82, 2.24) is 10.2 Å². The average Bonchev–Trinajstić information content (AvgIpc) is 2.85. The van der Waals surface area contributed by atoms with Gasteiger partial charge in [-0.3, -0.25) is 5.10 Å². The topological polar surface area (TPSA) is 54.7 Å². The third-order valence-corrected chi connectivity index (χ3v) is 3.69. The second kappa shape index (κ2) is 5.39. The zero-order valence-electron chi connectivity index (χ0n) is 10.7. The molecule has 3 rings (SSSR count). The van der Waals surface area contributed by atoms with Crippen molar-refractivity contribution in [3.05, 3.63) is 58.3 Å². The van der Waals surface area contributed by atoms with Crippen LogP contribution in [0, 0.1) is 5.82 Å². The molecule has 2 aromatic carbocycles. The molecule has 0 spiro atoms. The van der Waals surface area contributed by atoms with E-state index in [4.69, 9.17) is 28.9 Å². The van der Waals surface area contributed by atoms with Gasteiger partial charge in [-0.25, -0.2) is 4.39 Å². The van der Waals surface area contributed by atoms with E-state index in [1.165, 1.54) is 6.07 Å². The highest BCUT2D eigenvalue weighted by atomic mass is 35.5. The zero-order chi connectivity index (χ0) is 15.0. The molecule has 0 amide bonds. The van der Waals surface area contributed by atoms with Crippen LogP contribution in [0.4, 0.5) is 10.2 Å². The molecule has 0 bridgehead atoms. The number of nitrogens with one attached hydrogen (secondary N) is 1. The fraction of sp³-hybridized carbons (Fsp3) is 0. The Kier molecular flexibility index (Phi) is 3.57. The molecular weight excluding hydrogens is 312 g/mol. The first-order chi connectivity index (χ1) is 10.1. The van der Waals surface area contributed by atoms with Crippen LogP contribution in [0.15, 0.2) is 42.5 Å².